The molecular formula is C8H12F3NO. The van der Waals surface area contributed by atoms with Gasteiger partial charge >= 0.3 is 6.36 Å². The van der Waals surface area contributed by atoms with Crippen molar-refractivity contribution >= 4 is 0 Å². The van der Waals surface area contributed by atoms with E-state index in [9.17, 15) is 13.2 Å². The first-order chi connectivity index (χ1) is 6.06. The zero-order valence-electron chi connectivity index (χ0n) is 7.37. The Morgan fingerprint density at radius 1 is 1.31 bits per heavy atom. The molecule has 0 rings (SSSR count). The normalized spacial score (nSPS) is 10.8. The maximum Gasteiger partial charge on any atom is 0.522 e. The van der Waals surface area contributed by atoms with Crippen LogP contribution in [0.5, 0.6) is 0 Å². The van der Waals surface area contributed by atoms with Crippen LogP contribution in [0.4, 0.5) is 13.2 Å². The number of hydrogen-bond donors (Lipinski definition) is 1. The van der Waals surface area contributed by atoms with Crippen LogP contribution >= 0.6 is 0 Å². The minimum Gasteiger partial charge on any atom is -0.313 e. The van der Waals surface area contributed by atoms with Crippen LogP contribution in [0.15, 0.2) is 0 Å². The highest BCUT2D eigenvalue weighted by Gasteiger charge is 2.28. The Balaban J connectivity index is 3.12. The van der Waals surface area contributed by atoms with E-state index in [1.807, 2.05) is 0 Å². The van der Waals surface area contributed by atoms with E-state index in [4.69, 9.17) is 0 Å². The third-order valence-electron chi connectivity index (χ3n) is 1.15. The van der Waals surface area contributed by atoms with Crippen LogP contribution in [0.25, 0.3) is 0 Å². The summed E-state index contributed by atoms with van der Waals surface area (Å²) < 4.78 is 37.8. The molecule has 5 heteroatoms. The van der Waals surface area contributed by atoms with E-state index in [-0.39, 0.29) is 13.2 Å². The molecule has 1 N–H and O–H groups in total. The lowest BCUT2D eigenvalue weighted by atomic mass is 10.4. The van der Waals surface area contributed by atoms with Gasteiger partial charge in [-0.15, -0.1) is 25.0 Å². The third kappa shape index (κ3) is 11.3. The van der Waals surface area contributed by atoms with E-state index in [1.54, 1.807) is 6.92 Å². The molecule has 0 amide bonds. The number of rotatable bonds is 5. The zero-order chi connectivity index (χ0) is 10.2. The molecule has 2 nitrogen and oxygen atoms in total. The van der Waals surface area contributed by atoms with Gasteiger partial charge in [0.15, 0.2) is 0 Å². The second kappa shape index (κ2) is 6.75. The molecule has 0 bridgehead atoms. The molecule has 0 heterocycles. The molecule has 0 radical (unpaired) electrons. The smallest absolute Gasteiger partial charge is 0.313 e. The number of ether oxygens (including phenoxy) is 1. The summed E-state index contributed by atoms with van der Waals surface area (Å²) in [5.41, 5.74) is 0. The highest BCUT2D eigenvalue weighted by atomic mass is 19.4. The Morgan fingerprint density at radius 2 is 2.00 bits per heavy atom. The summed E-state index contributed by atoms with van der Waals surface area (Å²) >= 11 is 0. The van der Waals surface area contributed by atoms with Gasteiger partial charge in [-0.25, -0.2) is 0 Å². The zero-order valence-corrected chi connectivity index (χ0v) is 7.37. The molecule has 0 fully saturated rings. The van der Waals surface area contributed by atoms with Gasteiger partial charge in [0.25, 0.3) is 0 Å². The van der Waals surface area contributed by atoms with Crippen LogP contribution in [-0.4, -0.2) is 26.1 Å². The highest BCUT2D eigenvalue weighted by molar-refractivity contribution is 4.94. The van der Waals surface area contributed by atoms with E-state index in [0.29, 0.717) is 13.0 Å². The van der Waals surface area contributed by atoms with Gasteiger partial charge in [0.2, 0.25) is 0 Å². The average Bonchev–Trinajstić information content (AvgIpc) is 2.01. The lowest BCUT2D eigenvalue weighted by Crippen LogP contribution is -2.24. The molecule has 0 aromatic heterocycles. The fourth-order valence-corrected chi connectivity index (χ4v) is 0.640. The lowest BCUT2D eigenvalue weighted by Gasteiger charge is -2.06. The van der Waals surface area contributed by atoms with E-state index in [0.717, 1.165) is 0 Å². The topological polar surface area (TPSA) is 21.3 Å². The van der Waals surface area contributed by atoms with Crippen LogP contribution in [0, 0.1) is 11.8 Å². The second-order valence-corrected chi connectivity index (χ2v) is 2.22. The molecule has 76 valence electrons. The average molecular weight is 195 g/mol. The molecule has 0 saturated heterocycles. The van der Waals surface area contributed by atoms with Crippen molar-refractivity contribution < 1.29 is 17.9 Å². The number of nitrogens with one attached hydrogen (secondary N) is 1. The monoisotopic (exact) mass is 195 g/mol. The summed E-state index contributed by atoms with van der Waals surface area (Å²) in [6.45, 7) is 2.13. The summed E-state index contributed by atoms with van der Waals surface area (Å²) in [4.78, 5) is 0. The maximum atomic E-state index is 11.4. The van der Waals surface area contributed by atoms with Crippen molar-refractivity contribution in [2.75, 3.05) is 19.7 Å². The molecule has 0 unspecified atom stereocenters. The molecule has 0 saturated carbocycles. The van der Waals surface area contributed by atoms with Crippen molar-refractivity contribution in [1.82, 2.24) is 5.32 Å². The lowest BCUT2D eigenvalue weighted by molar-refractivity contribution is -0.323. The van der Waals surface area contributed by atoms with Crippen molar-refractivity contribution in [3.63, 3.8) is 0 Å². The summed E-state index contributed by atoms with van der Waals surface area (Å²) in [5.74, 6) is 5.46. The Hall–Kier alpha value is -0.730. The minimum atomic E-state index is -4.52. The number of hydrogen-bond acceptors (Lipinski definition) is 2. The summed E-state index contributed by atoms with van der Waals surface area (Å²) in [6, 6.07) is 0. The van der Waals surface area contributed by atoms with Crippen LogP contribution < -0.4 is 5.32 Å². The first-order valence-corrected chi connectivity index (χ1v) is 3.87. The van der Waals surface area contributed by atoms with Gasteiger partial charge in [-0.3, -0.25) is 4.74 Å². The SMILES string of the molecule is CC#CCCNCCOC(F)(F)F. The highest BCUT2D eigenvalue weighted by Crippen LogP contribution is 2.14. The van der Waals surface area contributed by atoms with Gasteiger partial charge < -0.3 is 5.32 Å². The van der Waals surface area contributed by atoms with E-state index in [1.165, 1.54) is 0 Å². The fraction of sp³-hybridized carbons (Fsp3) is 0.750. The molecule has 0 aliphatic carbocycles. The molecule has 0 aliphatic rings. The van der Waals surface area contributed by atoms with Crippen molar-refractivity contribution in [3.8, 4) is 11.8 Å². The van der Waals surface area contributed by atoms with E-state index < -0.39 is 6.36 Å². The molecule has 0 aromatic carbocycles. The molecule has 0 atom stereocenters. The summed E-state index contributed by atoms with van der Waals surface area (Å²) in [7, 11) is 0. The van der Waals surface area contributed by atoms with Crippen molar-refractivity contribution in [2.24, 2.45) is 0 Å². The van der Waals surface area contributed by atoms with Crippen molar-refractivity contribution in [3.05, 3.63) is 0 Å². The van der Waals surface area contributed by atoms with Crippen molar-refractivity contribution in [2.45, 2.75) is 19.7 Å². The Kier molecular flexibility index (Phi) is 6.37. The maximum absolute atomic E-state index is 11.4. The van der Waals surface area contributed by atoms with Crippen LogP contribution in [0.2, 0.25) is 0 Å². The quantitative estimate of drug-likeness (QED) is 0.530. The predicted molar refractivity (Wildman–Crippen MR) is 42.9 cm³/mol. The van der Waals surface area contributed by atoms with Gasteiger partial charge in [-0.05, 0) is 6.92 Å². The van der Waals surface area contributed by atoms with Crippen molar-refractivity contribution in [1.29, 1.82) is 0 Å². The summed E-state index contributed by atoms with van der Waals surface area (Å²) in [5, 5.41) is 2.77. The Morgan fingerprint density at radius 3 is 2.54 bits per heavy atom. The van der Waals surface area contributed by atoms with Crippen LogP contribution in [0.3, 0.4) is 0 Å². The molecule has 0 aromatic rings. The van der Waals surface area contributed by atoms with Gasteiger partial charge in [-0.2, -0.15) is 0 Å². The van der Waals surface area contributed by atoms with Gasteiger partial charge in [0, 0.05) is 19.5 Å². The summed E-state index contributed by atoms with van der Waals surface area (Å²) in [6.07, 6.45) is -3.88. The van der Waals surface area contributed by atoms with E-state index >= 15 is 0 Å². The van der Waals surface area contributed by atoms with Gasteiger partial charge in [0.1, 0.15) is 0 Å². The fourth-order valence-electron chi connectivity index (χ4n) is 0.640. The number of alkyl halides is 3. The third-order valence-corrected chi connectivity index (χ3v) is 1.15. The Labute approximate surface area is 75.5 Å². The van der Waals surface area contributed by atoms with E-state index in [2.05, 4.69) is 21.9 Å². The first kappa shape index (κ1) is 12.3. The minimum absolute atomic E-state index is 0.185. The van der Waals surface area contributed by atoms with Crippen LogP contribution in [0.1, 0.15) is 13.3 Å². The van der Waals surface area contributed by atoms with Gasteiger partial charge in [-0.1, -0.05) is 0 Å². The Bertz CT molecular complexity index is 180. The van der Waals surface area contributed by atoms with Gasteiger partial charge in [0.05, 0.1) is 6.61 Å². The second-order valence-electron chi connectivity index (χ2n) is 2.22. The standard InChI is InChI=1S/C8H12F3NO/c1-2-3-4-5-12-6-7-13-8(9,10)11/h12H,4-7H2,1H3. The molecule has 0 aliphatic heterocycles. The molecule has 13 heavy (non-hydrogen) atoms. The predicted octanol–water partition coefficient (Wildman–Crippen LogP) is 1.53. The first-order valence-electron chi connectivity index (χ1n) is 3.87. The van der Waals surface area contributed by atoms with Crippen LogP contribution in [-0.2, 0) is 4.74 Å². The number of halogens is 3. The molecular weight excluding hydrogens is 183 g/mol. The molecule has 0 spiro atoms. The largest absolute Gasteiger partial charge is 0.522 e.